The highest BCUT2D eigenvalue weighted by Gasteiger charge is 2.20. The van der Waals surface area contributed by atoms with E-state index in [0.29, 0.717) is 12.8 Å². The van der Waals surface area contributed by atoms with Crippen molar-refractivity contribution in [2.45, 2.75) is 33.1 Å². The van der Waals surface area contributed by atoms with E-state index >= 15 is 0 Å². The topological polar surface area (TPSA) is 64.4 Å². The molecule has 0 atom stereocenters. The molecular weight excluding hydrogens is 268 g/mol. The van der Waals surface area contributed by atoms with Crippen molar-refractivity contribution in [3.63, 3.8) is 0 Å². The molecule has 5 heteroatoms. The number of ether oxygens (including phenoxy) is 1. The molecule has 0 aliphatic heterocycles. The molecular formula is C16H20N2O3. The van der Waals surface area contributed by atoms with Crippen LogP contribution in [0.2, 0.25) is 0 Å². The first kappa shape index (κ1) is 15.1. The van der Waals surface area contributed by atoms with E-state index in [9.17, 15) is 4.79 Å². The lowest BCUT2D eigenvalue weighted by Crippen LogP contribution is -2.07. The van der Waals surface area contributed by atoms with Gasteiger partial charge >= 0.3 is 5.97 Å². The Morgan fingerprint density at radius 2 is 2.00 bits per heavy atom. The van der Waals surface area contributed by atoms with Crippen molar-refractivity contribution < 1.29 is 14.6 Å². The average molecular weight is 288 g/mol. The molecule has 0 amide bonds. The summed E-state index contributed by atoms with van der Waals surface area (Å²) in [4.78, 5) is 11.1. The molecule has 0 fully saturated rings. The average Bonchev–Trinajstić information content (AvgIpc) is 2.83. The minimum Gasteiger partial charge on any atom is -0.494 e. The Kier molecular flexibility index (Phi) is 4.62. The van der Waals surface area contributed by atoms with Gasteiger partial charge in [-0.15, -0.1) is 0 Å². The lowest BCUT2D eigenvalue weighted by atomic mass is 10.1. The van der Waals surface area contributed by atoms with E-state index in [4.69, 9.17) is 9.84 Å². The number of para-hydroxylation sites is 2. The minimum atomic E-state index is -0.834. The lowest BCUT2D eigenvalue weighted by molar-refractivity contribution is -0.136. The van der Waals surface area contributed by atoms with Crippen LogP contribution < -0.4 is 4.74 Å². The number of carboxylic acids is 1. The summed E-state index contributed by atoms with van der Waals surface area (Å²) in [5.74, 6) is -0.113. The van der Waals surface area contributed by atoms with E-state index in [0.717, 1.165) is 28.4 Å². The molecule has 5 nitrogen and oxygen atoms in total. The number of aryl methyl sites for hydroxylation is 1. The minimum absolute atomic E-state index is 0.00148. The zero-order valence-corrected chi connectivity index (χ0v) is 12.6. The molecule has 2 aromatic rings. The van der Waals surface area contributed by atoms with Gasteiger partial charge in [-0.1, -0.05) is 26.0 Å². The van der Waals surface area contributed by atoms with Crippen molar-refractivity contribution in [1.29, 1.82) is 0 Å². The molecule has 1 aromatic carbocycles. The number of carboxylic acid groups (broad SMARTS) is 1. The van der Waals surface area contributed by atoms with Gasteiger partial charge in [0, 0.05) is 11.3 Å². The number of rotatable bonds is 6. The van der Waals surface area contributed by atoms with Gasteiger partial charge in [0.2, 0.25) is 0 Å². The molecule has 112 valence electrons. The summed E-state index contributed by atoms with van der Waals surface area (Å²) in [6, 6.07) is 7.62. The lowest BCUT2D eigenvalue weighted by Gasteiger charge is -2.11. The molecule has 1 heterocycles. The zero-order chi connectivity index (χ0) is 15.4. The van der Waals surface area contributed by atoms with E-state index in [1.807, 2.05) is 42.8 Å². The molecule has 0 bridgehead atoms. The third-order valence-electron chi connectivity index (χ3n) is 3.48. The molecule has 0 aliphatic carbocycles. The predicted molar refractivity (Wildman–Crippen MR) is 80.2 cm³/mol. The maximum absolute atomic E-state index is 11.1. The van der Waals surface area contributed by atoms with Gasteiger partial charge in [0.1, 0.15) is 11.4 Å². The van der Waals surface area contributed by atoms with Gasteiger partial charge in [-0.2, -0.15) is 5.10 Å². The second kappa shape index (κ2) is 6.43. The molecule has 0 spiro atoms. The van der Waals surface area contributed by atoms with Crippen LogP contribution in [0.4, 0.5) is 0 Å². The van der Waals surface area contributed by atoms with Gasteiger partial charge in [0.25, 0.3) is 0 Å². The summed E-state index contributed by atoms with van der Waals surface area (Å²) in [5, 5.41) is 13.7. The highest BCUT2D eigenvalue weighted by atomic mass is 16.5. The Bertz CT molecular complexity index is 647. The molecule has 21 heavy (non-hydrogen) atoms. The van der Waals surface area contributed by atoms with Crippen LogP contribution in [0.1, 0.15) is 30.8 Å². The predicted octanol–water partition coefficient (Wildman–Crippen LogP) is 2.63. The monoisotopic (exact) mass is 288 g/mol. The Morgan fingerprint density at radius 3 is 2.57 bits per heavy atom. The van der Waals surface area contributed by atoms with Gasteiger partial charge in [-0.3, -0.25) is 4.79 Å². The van der Waals surface area contributed by atoms with Crippen LogP contribution in [0.5, 0.6) is 5.75 Å². The fourth-order valence-electron chi connectivity index (χ4n) is 2.54. The third kappa shape index (κ3) is 2.91. The first-order valence-electron chi connectivity index (χ1n) is 7.07. The number of hydrogen-bond donors (Lipinski definition) is 1. The molecule has 2 rings (SSSR count). The molecule has 0 saturated heterocycles. The molecule has 0 unspecified atom stereocenters. The number of nitrogens with zero attached hydrogens (tertiary/aromatic N) is 2. The first-order chi connectivity index (χ1) is 10.1. The summed E-state index contributed by atoms with van der Waals surface area (Å²) in [6.07, 6.45) is 1.42. The van der Waals surface area contributed by atoms with E-state index in [1.165, 1.54) is 0 Å². The maximum Gasteiger partial charge on any atom is 0.307 e. The molecule has 0 aliphatic rings. The van der Waals surface area contributed by atoms with Gasteiger partial charge in [-0.25, -0.2) is 4.68 Å². The van der Waals surface area contributed by atoms with Crippen LogP contribution in [0, 0.1) is 0 Å². The van der Waals surface area contributed by atoms with Crippen LogP contribution in [-0.2, 0) is 24.1 Å². The largest absolute Gasteiger partial charge is 0.494 e. The van der Waals surface area contributed by atoms with Gasteiger partial charge < -0.3 is 9.84 Å². The van der Waals surface area contributed by atoms with Crippen LogP contribution >= 0.6 is 0 Å². The first-order valence-corrected chi connectivity index (χ1v) is 7.07. The van der Waals surface area contributed by atoms with Crippen molar-refractivity contribution in [3.8, 4) is 11.4 Å². The van der Waals surface area contributed by atoms with E-state index in [2.05, 4.69) is 5.10 Å². The fourth-order valence-corrected chi connectivity index (χ4v) is 2.54. The number of aromatic nitrogens is 2. The second-order valence-corrected chi connectivity index (χ2v) is 4.73. The van der Waals surface area contributed by atoms with Crippen molar-refractivity contribution in [2.75, 3.05) is 7.11 Å². The van der Waals surface area contributed by atoms with Crippen LogP contribution in [-0.4, -0.2) is 28.0 Å². The van der Waals surface area contributed by atoms with Crippen molar-refractivity contribution in [1.82, 2.24) is 9.78 Å². The highest BCUT2D eigenvalue weighted by molar-refractivity contribution is 5.71. The smallest absolute Gasteiger partial charge is 0.307 e. The van der Waals surface area contributed by atoms with Crippen LogP contribution in [0.15, 0.2) is 24.3 Å². The van der Waals surface area contributed by atoms with E-state index in [1.54, 1.807) is 7.11 Å². The second-order valence-electron chi connectivity index (χ2n) is 4.73. The Labute approximate surface area is 124 Å². The highest BCUT2D eigenvalue weighted by Crippen LogP contribution is 2.27. The molecule has 1 aromatic heterocycles. The van der Waals surface area contributed by atoms with Crippen molar-refractivity contribution in [3.05, 3.63) is 41.2 Å². The SMILES string of the molecule is CCc1nn(-c2ccccc2OC)c(CC)c1CC(=O)O. The van der Waals surface area contributed by atoms with Crippen molar-refractivity contribution >= 4 is 5.97 Å². The summed E-state index contributed by atoms with van der Waals surface area (Å²) < 4.78 is 7.20. The van der Waals surface area contributed by atoms with Gasteiger partial charge in [-0.05, 0) is 25.0 Å². The Hall–Kier alpha value is -2.30. The maximum atomic E-state index is 11.1. The molecule has 0 radical (unpaired) electrons. The number of hydrogen-bond acceptors (Lipinski definition) is 3. The number of carbonyl (C=O) groups is 1. The molecule has 0 saturated carbocycles. The molecule has 1 N–H and O–H groups in total. The number of benzene rings is 1. The van der Waals surface area contributed by atoms with E-state index in [-0.39, 0.29) is 6.42 Å². The van der Waals surface area contributed by atoms with Crippen LogP contribution in [0.3, 0.4) is 0 Å². The summed E-state index contributed by atoms with van der Waals surface area (Å²) >= 11 is 0. The third-order valence-corrected chi connectivity index (χ3v) is 3.48. The van der Waals surface area contributed by atoms with E-state index < -0.39 is 5.97 Å². The summed E-state index contributed by atoms with van der Waals surface area (Å²) in [7, 11) is 1.62. The summed E-state index contributed by atoms with van der Waals surface area (Å²) in [5.41, 5.74) is 3.42. The normalized spacial score (nSPS) is 10.6. The fraction of sp³-hybridized carbons (Fsp3) is 0.375. The standard InChI is InChI=1S/C16H20N2O3/c1-4-12-11(10-16(19)20)13(5-2)18(17-12)14-8-6-7-9-15(14)21-3/h6-9H,4-5,10H2,1-3H3,(H,19,20). The number of aliphatic carboxylic acids is 1. The van der Waals surface area contributed by atoms with Gasteiger partial charge in [0.05, 0.1) is 19.2 Å². The van der Waals surface area contributed by atoms with Crippen molar-refractivity contribution in [2.24, 2.45) is 0 Å². The quantitative estimate of drug-likeness (QED) is 0.887. The zero-order valence-electron chi connectivity index (χ0n) is 12.6. The Balaban J connectivity index is 2.63. The van der Waals surface area contributed by atoms with Gasteiger partial charge in [0.15, 0.2) is 0 Å². The summed E-state index contributed by atoms with van der Waals surface area (Å²) in [6.45, 7) is 3.99. The van der Waals surface area contributed by atoms with Crippen LogP contribution in [0.25, 0.3) is 5.69 Å². The number of methoxy groups -OCH3 is 1. The Morgan fingerprint density at radius 1 is 1.29 bits per heavy atom.